The number of hydrogen-bond acceptors (Lipinski definition) is 8. The van der Waals surface area contributed by atoms with Crippen LogP contribution in [0, 0.1) is 6.92 Å². The van der Waals surface area contributed by atoms with E-state index in [9.17, 15) is 22.8 Å². The van der Waals surface area contributed by atoms with Crippen LogP contribution in [0.2, 0.25) is 0 Å². The molecule has 0 atom stereocenters. The minimum atomic E-state index is -4.64. The van der Waals surface area contributed by atoms with Gasteiger partial charge in [-0.1, -0.05) is 6.07 Å². The summed E-state index contributed by atoms with van der Waals surface area (Å²) in [6.07, 6.45) is 2.11. The van der Waals surface area contributed by atoms with Gasteiger partial charge in [0.2, 0.25) is 0 Å². The van der Waals surface area contributed by atoms with Gasteiger partial charge in [-0.25, -0.2) is 9.97 Å². The second-order valence-electron chi connectivity index (χ2n) is 8.81. The SMILES string of the molecule is CN(C)CC=O.CNc1cc(-c2cncc(-c3cc(NC(=O)c4ccnc(C(F)(F)F)c4)ccc3C)n2)ccn1. The van der Waals surface area contributed by atoms with Gasteiger partial charge in [-0.2, -0.15) is 13.2 Å². The number of halogens is 3. The zero-order valence-electron chi connectivity index (χ0n) is 22.3. The standard InChI is InChI=1S/C24H19F3N6O.C4H9NO/c1-14-3-4-17(32-23(34)16-6-7-30-21(9-16)24(25,26)27)11-18(14)20-13-29-12-19(33-20)15-5-8-31-22(10-15)28-2;1-5(2)3-4-6/h3-13H,1-2H3,(H,28,31)(H,32,34);4H,3H2,1-2H3. The quantitative estimate of drug-likeness (QED) is 0.310. The maximum Gasteiger partial charge on any atom is 0.433 e. The first-order valence-corrected chi connectivity index (χ1v) is 12.0. The van der Waals surface area contributed by atoms with Crippen LogP contribution in [0.3, 0.4) is 0 Å². The summed E-state index contributed by atoms with van der Waals surface area (Å²) in [6.45, 7) is 2.42. The molecule has 0 radical (unpaired) electrons. The van der Waals surface area contributed by atoms with Crippen molar-refractivity contribution >= 4 is 23.7 Å². The topological polar surface area (TPSA) is 113 Å². The highest BCUT2D eigenvalue weighted by atomic mass is 19.4. The molecule has 0 saturated carbocycles. The second kappa shape index (κ2) is 13.4. The Kier molecular flexibility index (Phi) is 9.98. The highest BCUT2D eigenvalue weighted by Crippen LogP contribution is 2.29. The van der Waals surface area contributed by atoms with Crippen LogP contribution in [-0.4, -0.2) is 64.7 Å². The first kappa shape index (κ1) is 29.8. The van der Waals surface area contributed by atoms with Crippen molar-refractivity contribution in [3.8, 4) is 22.5 Å². The molecule has 0 spiro atoms. The third-order valence-electron chi connectivity index (χ3n) is 5.47. The van der Waals surface area contributed by atoms with E-state index >= 15 is 0 Å². The first-order valence-electron chi connectivity index (χ1n) is 12.0. The van der Waals surface area contributed by atoms with E-state index in [-0.39, 0.29) is 5.56 Å². The molecule has 1 aromatic carbocycles. The van der Waals surface area contributed by atoms with E-state index < -0.39 is 17.8 Å². The number of amides is 1. The lowest BCUT2D eigenvalue weighted by molar-refractivity contribution is -0.141. The Balaban J connectivity index is 0.000000663. The number of rotatable bonds is 7. The Hall–Kier alpha value is -4.71. The van der Waals surface area contributed by atoms with Gasteiger partial charge < -0.3 is 20.3 Å². The highest BCUT2D eigenvalue weighted by Gasteiger charge is 2.33. The van der Waals surface area contributed by atoms with Gasteiger partial charge in [0.1, 0.15) is 17.8 Å². The molecule has 0 unspecified atom stereocenters. The van der Waals surface area contributed by atoms with Crippen molar-refractivity contribution in [3.63, 3.8) is 0 Å². The Bertz CT molecular complexity index is 1480. The number of carbonyl (C=O) groups is 2. The van der Waals surface area contributed by atoms with Crippen molar-refractivity contribution in [3.05, 3.63) is 84.1 Å². The average Bonchev–Trinajstić information content (AvgIpc) is 2.94. The molecule has 2 N–H and O–H groups in total. The van der Waals surface area contributed by atoms with Gasteiger partial charge in [0.15, 0.2) is 0 Å². The van der Waals surface area contributed by atoms with Gasteiger partial charge in [-0.15, -0.1) is 0 Å². The smallest absolute Gasteiger partial charge is 0.373 e. The summed E-state index contributed by atoms with van der Waals surface area (Å²) < 4.78 is 38.8. The third-order valence-corrected chi connectivity index (χ3v) is 5.47. The molecule has 3 aromatic heterocycles. The van der Waals surface area contributed by atoms with E-state index in [0.717, 1.165) is 29.2 Å². The number of aldehydes is 1. The first-order chi connectivity index (χ1) is 19.0. The summed E-state index contributed by atoms with van der Waals surface area (Å²) in [4.78, 5) is 40.4. The lowest BCUT2D eigenvalue weighted by Crippen LogP contribution is -2.15. The van der Waals surface area contributed by atoms with Crippen LogP contribution in [0.4, 0.5) is 24.7 Å². The molecule has 0 aliphatic carbocycles. The molecule has 3 heterocycles. The summed E-state index contributed by atoms with van der Waals surface area (Å²) in [5.74, 6) is 0.00862. The van der Waals surface area contributed by atoms with Gasteiger partial charge in [-0.05, 0) is 63.0 Å². The number of benzene rings is 1. The molecule has 4 aromatic rings. The van der Waals surface area contributed by atoms with Crippen LogP contribution in [0.1, 0.15) is 21.6 Å². The van der Waals surface area contributed by atoms with Gasteiger partial charge in [0.05, 0.1) is 30.3 Å². The zero-order valence-corrected chi connectivity index (χ0v) is 22.3. The maximum atomic E-state index is 12.9. The Morgan fingerprint density at radius 1 is 1.00 bits per heavy atom. The number of aromatic nitrogens is 4. The number of anilines is 2. The van der Waals surface area contributed by atoms with E-state index in [1.165, 1.54) is 6.07 Å². The van der Waals surface area contributed by atoms with Crippen LogP contribution < -0.4 is 10.6 Å². The molecule has 0 bridgehead atoms. The number of aryl methyl sites for hydroxylation is 1. The Morgan fingerprint density at radius 2 is 1.73 bits per heavy atom. The number of hydrogen-bond donors (Lipinski definition) is 2. The van der Waals surface area contributed by atoms with Gasteiger partial charge in [0, 0.05) is 41.8 Å². The van der Waals surface area contributed by atoms with Crippen molar-refractivity contribution in [2.75, 3.05) is 38.3 Å². The maximum absolute atomic E-state index is 12.9. The lowest BCUT2D eigenvalue weighted by Gasteiger charge is -2.12. The summed E-state index contributed by atoms with van der Waals surface area (Å²) in [5.41, 5.74) is 2.79. The fraction of sp³-hybridized carbons (Fsp3) is 0.214. The predicted molar refractivity (Wildman–Crippen MR) is 147 cm³/mol. The van der Waals surface area contributed by atoms with Crippen LogP contribution in [0.5, 0.6) is 0 Å². The van der Waals surface area contributed by atoms with Crippen molar-refractivity contribution in [2.24, 2.45) is 0 Å². The molecule has 208 valence electrons. The number of carbonyl (C=O) groups excluding carboxylic acids is 2. The molecule has 0 aliphatic heterocycles. The minimum Gasteiger partial charge on any atom is -0.373 e. The molecule has 9 nitrogen and oxygen atoms in total. The number of nitrogens with one attached hydrogen (secondary N) is 2. The molecular weight excluding hydrogens is 523 g/mol. The van der Waals surface area contributed by atoms with Crippen molar-refractivity contribution in [1.29, 1.82) is 0 Å². The highest BCUT2D eigenvalue weighted by molar-refractivity contribution is 6.04. The minimum absolute atomic E-state index is 0.149. The number of alkyl halides is 3. The van der Waals surface area contributed by atoms with E-state index in [4.69, 9.17) is 4.98 Å². The van der Waals surface area contributed by atoms with E-state index in [1.54, 1.807) is 43.8 Å². The monoisotopic (exact) mass is 551 g/mol. The van der Waals surface area contributed by atoms with Crippen molar-refractivity contribution < 1.29 is 22.8 Å². The van der Waals surface area contributed by atoms with Crippen LogP contribution in [0.15, 0.2) is 67.3 Å². The van der Waals surface area contributed by atoms with Gasteiger partial charge >= 0.3 is 6.18 Å². The molecule has 4 rings (SSSR count). The summed E-state index contributed by atoms with van der Waals surface area (Å²) in [5, 5.41) is 5.61. The number of likely N-dealkylation sites (N-methyl/N-ethyl adjacent to an activating group) is 1. The van der Waals surface area contributed by atoms with Crippen molar-refractivity contribution in [2.45, 2.75) is 13.1 Å². The molecule has 0 fully saturated rings. The molecule has 0 saturated heterocycles. The number of pyridine rings is 2. The summed E-state index contributed by atoms with van der Waals surface area (Å²) in [7, 11) is 5.48. The molecule has 12 heteroatoms. The normalized spacial score (nSPS) is 10.9. The largest absolute Gasteiger partial charge is 0.433 e. The van der Waals surface area contributed by atoms with Crippen LogP contribution in [-0.2, 0) is 11.0 Å². The molecule has 1 amide bonds. The zero-order chi connectivity index (χ0) is 29.3. The van der Waals surface area contributed by atoms with Crippen LogP contribution in [0.25, 0.3) is 22.5 Å². The van der Waals surface area contributed by atoms with Crippen LogP contribution >= 0.6 is 0 Å². The Labute approximate surface area is 229 Å². The molecule has 0 aliphatic rings. The van der Waals surface area contributed by atoms with E-state index in [0.29, 0.717) is 35.5 Å². The summed E-state index contributed by atoms with van der Waals surface area (Å²) in [6, 6.07) is 10.8. The Morgan fingerprint density at radius 3 is 2.38 bits per heavy atom. The molecule has 40 heavy (non-hydrogen) atoms. The summed E-state index contributed by atoms with van der Waals surface area (Å²) >= 11 is 0. The lowest BCUT2D eigenvalue weighted by atomic mass is 10.0. The molecular formula is C28H28F3N7O2. The van der Waals surface area contributed by atoms with Crippen molar-refractivity contribution in [1.82, 2.24) is 24.8 Å². The number of nitrogens with zero attached hydrogens (tertiary/aromatic N) is 5. The fourth-order valence-corrected chi connectivity index (χ4v) is 3.42. The van der Waals surface area contributed by atoms with E-state index in [2.05, 4.69) is 25.6 Å². The van der Waals surface area contributed by atoms with E-state index in [1.807, 2.05) is 38.1 Å². The fourth-order valence-electron chi connectivity index (χ4n) is 3.42. The second-order valence-corrected chi connectivity index (χ2v) is 8.81. The third kappa shape index (κ3) is 8.14. The predicted octanol–water partition coefficient (Wildman–Crippen LogP) is 4.97. The van der Waals surface area contributed by atoms with Gasteiger partial charge in [-0.3, -0.25) is 14.8 Å². The average molecular weight is 552 g/mol. The van der Waals surface area contributed by atoms with Gasteiger partial charge in [0.25, 0.3) is 5.91 Å².